The molecule has 3 N–H and O–H groups in total. The van der Waals surface area contributed by atoms with Crippen LogP contribution in [0.1, 0.15) is 18.1 Å². The fraction of sp³-hybridized carbons (Fsp3) is 0.429. The second-order valence-corrected chi connectivity index (χ2v) is 4.64. The van der Waals surface area contributed by atoms with E-state index in [1.807, 2.05) is 0 Å². The molecule has 0 spiro atoms. The van der Waals surface area contributed by atoms with Crippen LogP contribution in [0.25, 0.3) is 0 Å². The SMILES string of the molecule is CC(=O)OCCNC(=O)[C@@H](N)Cc1ccc(C(F)(F)F)cc1. The van der Waals surface area contributed by atoms with Crippen molar-refractivity contribution in [2.24, 2.45) is 5.73 Å². The third-order valence-corrected chi connectivity index (χ3v) is 2.78. The number of esters is 1. The zero-order chi connectivity index (χ0) is 16.8. The van der Waals surface area contributed by atoms with Gasteiger partial charge in [-0.1, -0.05) is 12.1 Å². The molecule has 0 aliphatic carbocycles. The lowest BCUT2D eigenvalue weighted by atomic mass is 10.0. The zero-order valence-corrected chi connectivity index (χ0v) is 11.9. The Morgan fingerprint density at radius 2 is 1.86 bits per heavy atom. The molecule has 1 amide bonds. The van der Waals surface area contributed by atoms with E-state index in [9.17, 15) is 22.8 Å². The number of halogens is 3. The molecule has 22 heavy (non-hydrogen) atoms. The summed E-state index contributed by atoms with van der Waals surface area (Å²) in [5, 5.41) is 2.47. The lowest BCUT2D eigenvalue weighted by Crippen LogP contribution is -2.43. The molecule has 1 rings (SSSR count). The van der Waals surface area contributed by atoms with Crippen molar-refractivity contribution in [2.75, 3.05) is 13.2 Å². The van der Waals surface area contributed by atoms with Crippen molar-refractivity contribution in [3.05, 3.63) is 35.4 Å². The maximum Gasteiger partial charge on any atom is 0.416 e. The van der Waals surface area contributed by atoms with Crippen molar-refractivity contribution in [1.82, 2.24) is 5.32 Å². The van der Waals surface area contributed by atoms with Gasteiger partial charge in [0, 0.05) is 6.92 Å². The number of hydrogen-bond acceptors (Lipinski definition) is 4. The first kappa shape index (κ1) is 18.0. The number of carbonyl (C=O) groups excluding carboxylic acids is 2. The average molecular weight is 318 g/mol. The minimum atomic E-state index is -4.39. The van der Waals surface area contributed by atoms with Gasteiger partial charge in [-0.25, -0.2) is 0 Å². The van der Waals surface area contributed by atoms with Crippen molar-refractivity contribution in [3.8, 4) is 0 Å². The molecule has 0 radical (unpaired) electrons. The first-order valence-electron chi connectivity index (χ1n) is 6.53. The summed E-state index contributed by atoms with van der Waals surface area (Å²) in [5.74, 6) is -0.921. The Morgan fingerprint density at radius 3 is 2.36 bits per heavy atom. The fourth-order valence-corrected chi connectivity index (χ4v) is 1.68. The van der Waals surface area contributed by atoms with Gasteiger partial charge in [-0.05, 0) is 24.1 Å². The van der Waals surface area contributed by atoms with E-state index in [0.717, 1.165) is 12.1 Å². The molecule has 1 aromatic rings. The second kappa shape index (κ2) is 7.79. The van der Waals surface area contributed by atoms with Gasteiger partial charge in [0.2, 0.25) is 5.91 Å². The smallest absolute Gasteiger partial charge is 0.416 e. The van der Waals surface area contributed by atoms with Crippen LogP contribution >= 0.6 is 0 Å². The van der Waals surface area contributed by atoms with Crippen LogP contribution in [0.3, 0.4) is 0 Å². The maximum atomic E-state index is 12.4. The van der Waals surface area contributed by atoms with Crippen molar-refractivity contribution in [1.29, 1.82) is 0 Å². The van der Waals surface area contributed by atoms with Gasteiger partial charge < -0.3 is 15.8 Å². The van der Waals surface area contributed by atoms with Gasteiger partial charge in [0.1, 0.15) is 6.61 Å². The average Bonchev–Trinajstić information content (AvgIpc) is 2.42. The summed E-state index contributed by atoms with van der Waals surface area (Å²) in [7, 11) is 0. The highest BCUT2D eigenvalue weighted by molar-refractivity contribution is 5.81. The fourth-order valence-electron chi connectivity index (χ4n) is 1.68. The number of benzene rings is 1. The van der Waals surface area contributed by atoms with Crippen LogP contribution in [0.5, 0.6) is 0 Å². The van der Waals surface area contributed by atoms with Crippen LogP contribution in [-0.4, -0.2) is 31.1 Å². The minimum absolute atomic E-state index is 0.0358. The summed E-state index contributed by atoms with van der Waals surface area (Å²) in [6.45, 7) is 1.41. The number of carbonyl (C=O) groups is 2. The lowest BCUT2D eigenvalue weighted by molar-refractivity contribution is -0.141. The Morgan fingerprint density at radius 1 is 1.27 bits per heavy atom. The molecular weight excluding hydrogens is 301 g/mol. The van der Waals surface area contributed by atoms with Crippen LogP contribution in [-0.2, 0) is 26.9 Å². The van der Waals surface area contributed by atoms with E-state index < -0.39 is 29.7 Å². The number of alkyl halides is 3. The first-order chi connectivity index (χ1) is 10.2. The van der Waals surface area contributed by atoms with Gasteiger partial charge in [-0.15, -0.1) is 0 Å². The summed E-state index contributed by atoms with van der Waals surface area (Å²) in [6.07, 6.45) is -4.29. The predicted octanol–water partition coefficient (Wildman–Crippen LogP) is 1.25. The number of nitrogens with two attached hydrogens (primary N) is 1. The van der Waals surface area contributed by atoms with Crippen molar-refractivity contribution in [3.63, 3.8) is 0 Å². The van der Waals surface area contributed by atoms with Gasteiger partial charge >= 0.3 is 12.1 Å². The molecule has 1 atom stereocenters. The van der Waals surface area contributed by atoms with Crippen LogP contribution in [0, 0.1) is 0 Å². The Hall–Kier alpha value is -2.09. The molecular formula is C14H17F3N2O3. The molecule has 0 unspecified atom stereocenters. The van der Waals surface area contributed by atoms with Gasteiger partial charge in [-0.3, -0.25) is 9.59 Å². The highest BCUT2D eigenvalue weighted by Crippen LogP contribution is 2.29. The minimum Gasteiger partial charge on any atom is -0.464 e. The summed E-state index contributed by atoms with van der Waals surface area (Å²) in [5.41, 5.74) is 5.44. The van der Waals surface area contributed by atoms with E-state index in [1.54, 1.807) is 0 Å². The topological polar surface area (TPSA) is 81.4 Å². The van der Waals surface area contributed by atoms with Crippen LogP contribution < -0.4 is 11.1 Å². The molecule has 0 bridgehead atoms. The van der Waals surface area contributed by atoms with Crippen LogP contribution in [0.2, 0.25) is 0 Å². The van der Waals surface area contributed by atoms with Crippen molar-refractivity contribution in [2.45, 2.75) is 25.6 Å². The summed E-state index contributed by atoms with van der Waals surface area (Å²) >= 11 is 0. The van der Waals surface area contributed by atoms with E-state index >= 15 is 0 Å². The van der Waals surface area contributed by atoms with Gasteiger partial charge in [0.15, 0.2) is 0 Å². The van der Waals surface area contributed by atoms with E-state index in [4.69, 9.17) is 5.73 Å². The van der Waals surface area contributed by atoms with Gasteiger partial charge in [0.25, 0.3) is 0 Å². The number of rotatable bonds is 6. The molecule has 0 saturated heterocycles. The molecule has 1 aromatic carbocycles. The Kier molecular flexibility index (Phi) is 6.36. The normalized spacial score (nSPS) is 12.6. The quantitative estimate of drug-likeness (QED) is 0.611. The Balaban J connectivity index is 2.45. The van der Waals surface area contributed by atoms with E-state index in [0.29, 0.717) is 5.56 Å². The summed E-state index contributed by atoms with van der Waals surface area (Å²) in [6, 6.07) is 3.57. The summed E-state index contributed by atoms with van der Waals surface area (Å²) in [4.78, 5) is 22.2. The Bertz CT molecular complexity index is 515. The van der Waals surface area contributed by atoms with E-state index in [1.165, 1.54) is 19.1 Å². The Labute approximate surface area is 125 Å². The molecule has 0 saturated carbocycles. The maximum absolute atomic E-state index is 12.4. The first-order valence-corrected chi connectivity index (χ1v) is 6.53. The second-order valence-electron chi connectivity index (χ2n) is 4.64. The highest BCUT2D eigenvalue weighted by Gasteiger charge is 2.30. The molecule has 0 aromatic heterocycles. The number of amides is 1. The van der Waals surface area contributed by atoms with E-state index in [-0.39, 0.29) is 19.6 Å². The van der Waals surface area contributed by atoms with Crippen LogP contribution in [0.4, 0.5) is 13.2 Å². The molecule has 0 heterocycles. The van der Waals surface area contributed by atoms with Gasteiger partial charge in [0.05, 0.1) is 18.2 Å². The van der Waals surface area contributed by atoms with E-state index in [2.05, 4.69) is 10.1 Å². The molecule has 5 nitrogen and oxygen atoms in total. The number of nitrogens with one attached hydrogen (secondary N) is 1. The van der Waals surface area contributed by atoms with Crippen molar-refractivity contribution >= 4 is 11.9 Å². The number of hydrogen-bond donors (Lipinski definition) is 2. The third-order valence-electron chi connectivity index (χ3n) is 2.78. The highest BCUT2D eigenvalue weighted by atomic mass is 19.4. The standard InChI is InChI=1S/C14H17F3N2O3/c1-9(20)22-7-6-19-13(21)12(18)8-10-2-4-11(5-3-10)14(15,16)17/h2-5,12H,6-8,18H2,1H3,(H,19,21)/t12-/m0/s1. The number of ether oxygens (including phenoxy) is 1. The third kappa shape index (κ3) is 6.13. The van der Waals surface area contributed by atoms with Crippen LogP contribution in [0.15, 0.2) is 24.3 Å². The molecule has 8 heteroatoms. The monoisotopic (exact) mass is 318 g/mol. The largest absolute Gasteiger partial charge is 0.464 e. The lowest BCUT2D eigenvalue weighted by Gasteiger charge is -2.13. The molecule has 0 fully saturated rings. The molecule has 122 valence electrons. The van der Waals surface area contributed by atoms with Gasteiger partial charge in [-0.2, -0.15) is 13.2 Å². The zero-order valence-electron chi connectivity index (χ0n) is 11.9. The predicted molar refractivity (Wildman–Crippen MR) is 72.8 cm³/mol. The molecule has 0 aliphatic rings. The summed E-state index contributed by atoms with van der Waals surface area (Å²) < 4.78 is 41.9. The molecule has 0 aliphatic heterocycles. The van der Waals surface area contributed by atoms with Crippen molar-refractivity contribution < 1.29 is 27.5 Å².